The topological polar surface area (TPSA) is 103 Å². The van der Waals surface area contributed by atoms with E-state index in [9.17, 15) is 14.4 Å². The first-order valence-electron chi connectivity index (χ1n) is 11.9. The Balaban J connectivity index is 1.30. The minimum atomic E-state index is -0.817. The molecule has 2 aliphatic rings. The summed E-state index contributed by atoms with van der Waals surface area (Å²) in [5.74, 6) is -0.285. The zero-order chi connectivity index (χ0) is 25.8. The van der Waals surface area contributed by atoms with Gasteiger partial charge in [0.25, 0.3) is 5.91 Å². The number of benzene rings is 2. The van der Waals surface area contributed by atoms with E-state index < -0.39 is 11.9 Å². The number of para-hydroxylation sites is 1. The van der Waals surface area contributed by atoms with Crippen molar-refractivity contribution in [3.63, 3.8) is 0 Å². The molecule has 0 bridgehead atoms. The average molecular weight is 532 g/mol. The number of nitrogens with one attached hydrogen (secondary N) is 2. The number of hydrogen-bond acceptors (Lipinski definition) is 7. The molecule has 3 heterocycles. The molecule has 0 saturated carbocycles. The molecule has 0 aliphatic carbocycles. The molecular weight excluding hydrogens is 506 g/mol. The Kier molecular flexibility index (Phi) is 7.47. The van der Waals surface area contributed by atoms with Gasteiger partial charge < -0.3 is 10.6 Å². The Morgan fingerprint density at radius 3 is 2.59 bits per heavy atom. The zero-order valence-corrected chi connectivity index (χ0v) is 21.8. The summed E-state index contributed by atoms with van der Waals surface area (Å²) in [5, 5.41) is 8.20. The minimum Gasteiger partial charge on any atom is -0.351 e. The Morgan fingerprint density at radius 2 is 1.84 bits per heavy atom. The van der Waals surface area contributed by atoms with Gasteiger partial charge in [0.05, 0.1) is 24.4 Å². The summed E-state index contributed by atoms with van der Waals surface area (Å²) in [4.78, 5) is 50.1. The Labute approximate surface area is 222 Å². The maximum Gasteiger partial charge on any atom is 0.271 e. The van der Waals surface area contributed by atoms with Crippen LogP contribution in [0, 0.1) is 0 Å². The van der Waals surface area contributed by atoms with Gasteiger partial charge in [-0.25, -0.2) is 4.99 Å². The predicted octanol–water partition coefficient (Wildman–Crippen LogP) is 4.35. The number of thioether (sulfide) groups is 1. The van der Waals surface area contributed by atoms with Gasteiger partial charge in [-0.15, -0.1) is 11.3 Å². The minimum absolute atomic E-state index is 0.0606. The van der Waals surface area contributed by atoms with Crippen LogP contribution in [0.25, 0.3) is 0 Å². The number of aryl methyl sites for hydroxylation is 1. The number of carbonyl (C=O) groups excluding carboxylic acids is 3. The van der Waals surface area contributed by atoms with Crippen LogP contribution in [0.2, 0.25) is 0 Å². The van der Waals surface area contributed by atoms with Gasteiger partial charge in [-0.1, -0.05) is 49.0 Å². The number of thiophene rings is 1. The summed E-state index contributed by atoms with van der Waals surface area (Å²) in [7, 11) is 0. The van der Waals surface area contributed by atoms with Crippen LogP contribution in [-0.4, -0.2) is 45.4 Å². The second-order valence-corrected chi connectivity index (χ2v) is 10.5. The number of nitrogens with zero attached hydrogens (tertiary/aromatic N) is 3. The highest BCUT2D eigenvalue weighted by molar-refractivity contribution is 8.14. The highest BCUT2D eigenvalue weighted by Crippen LogP contribution is 2.35. The van der Waals surface area contributed by atoms with Crippen LogP contribution in [-0.2, 0) is 27.3 Å². The molecule has 5 rings (SSSR count). The second-order valence-electron chi connectivity index (χ2n) is 8.52. The van der Waals surface area contributed by atoms with Crippen molar-refractivity contribution in [3.05, 3.63) is 82.0 Å². The predicted molar refractivity (Wildman–Crippen MR) is 148 cm³/mol. The van der Waals surface area contributed by atoms with Crippen molar-refractivity contribution in [3.8, 4) is 0 Å². The van der Waals surface area contributed by atoms with Crippen molar-refractivity contribution in [1.29, 1.82) is 0 Å². The number of amidine groups is 2. The lowest BCUT2D eigenvalue weighted by Gasteiger charge is -2.30. The number of amides is 3. The monoisotopic (exact) mass is 531 g/mol. The molecule has 3 aromatic rings. The fourth-order valence-electron chi connectivity index (χ4n) is 4.10. The highest BCUT2D eigenvalue weighted by atomic mass is 32.2. The zero-order valence-electron chi connectivity index (χ0n) is 20.1. The maximum absolute atomic E-state index is 12.9. The standard InChI is InChI=1S/C27H25N5O3S2/c1-2-17-9-11-18(12-10-17)29-24(34)16-37-27-30-21-8-4-3-7-20(21)25-31-26(35)22(32(25)27)14-23(33)28-15-19-6-5-13-36-19/h3-13,22H,2,14-16H2,1H3,(H,28,33)(H,29,34). The lowest BCUT2D eigenvalue weighted by Crippen LogP contribution is -2.46. The summed E-state index contributed by atoms with van der Waals surface area (Å²) in [5.41, 5.74) is 3.31. The van der Waals surface area contributed by atoms with Crippen LogP contribution in [0.4, 0.5) is 11.4 Å². The van der Waals surface area contributed by atoms with Gasteiger partial charge >= 0.3 is 0 Å². The van der Waals surface area contributed by atoms with Crippen LogP contribution in [0.3, 0.4) is 0 Å². The summed E-state index contributed by atoms with van der Waals surface area (Å²) in [6, 6.07) is 18.2. The summed E-state index contributed by atoms with van der Waals surface area (Å²) in [6.45, 7) is 2.48. The third kappa shape index (κ3) is 5.65. The van der Waals surface area contributed by atoms with Crippen LogP contribution < -0.4 is 10.6 Å². The lowest BCUT2D eigenvalue weighted by molar-refractivity contribution is -0.126. The van der Waals surface area contributed by atoms with Crippen LogP contribution in [0.1, 0.15) is 29.3 Å². The van der Waals surface area contributed by atoms with Crippen LogP contribution in [0.15, 0.2) is 76.0 Å². The third-order valence-corrected chi connectivity index (χ3v) is 7.83. The first-order valence-corrected chi connectivity index (χ1v) is 13.8. The molecule has 3 amide bonds. The molecule has 1 atom stereocenters. The summed E-state index contributed by atoms with van der Waals surface area (Å²) >= 11 is 2.77. The van der Waals surface area contributed by atoms with E-state index >= 15 is 0 Å². The second kappa shape index (κ2) is 11.1. The van der Waals surface area contributed by atoms with Crippen molar-refractivity contribution >= 4 is 63.2 Å². The summed E-state index contributed by atoms with van der Waals surface area (Å²) < 4.78 is 0. The van der Waals surface area contributed by atoms with Crippen molar-refractivity contribution in [2.75, 3.05) is 11.1 Å². The molecule has 2 aromatic carbocycles. The number of hydrogen-bond donors (Lipinski definition) is 2. The van der Waals surface area contributed by atoms with Gasteiger partial charge in [0.1, 0.15) is 11.9 Å². The van der Waals surface area contributed by atoms with E-state index in [0.29, 0.717) is 23.2 Å². The van der Waals surface area contributed by atoms with Gasteiger partial charge in [-0.3, -0.25) is 19.3 Å². The SMILES string of the molecule is CCc1ccc(NC(=O)CSC2=Nc3ccccc3C3=NC(=O)C(CC(=O)NCc4cccs4)N23)cc1. The quantitative estimate of drug-likeness (QED) is 0.450. The molecule has 0 spiro atoms. The van der Waals surface area contributed by atoms with Crippen molar-refractivity contribution in [1.82, 2.24) is 10.2 Å². The van der Waals surface area contributed by atoms with E-state index in [4.69, 9.17) is 4.99 Å². The largest absolute Gasteiger partial charge is 0.351 e. The van der Waals surface area contributed by atoms with Crippen molar-refractivity contribution in [2.24, 2.45) is 9.98 Å². The normalized spacial score (nSPS) is 16.0. The molecule has 37 heavy (non-hydrogen) atoms. The van der Waals surface area contributed by atoms with E-state index in [1.807, 2.05) is 66.0 Å². The molecule has 2 aliphatic heterocycles. The summed E-state index contributed by atoms with van der Waals surface area (Å²) in [6.07, 6.45) is 0.867. The van der Waals surface area contributed by atoms with Gasteiger partial charge in [-0.05, 0) is 47.7 Å². The number of aliphatic imine (C=N–C) groups is 2. The molecule has 10 heteroatoms. The van der Waals surface area contributed by atoms with Gasteiger partial charge in [-0.2, -0.15) is 4.99 Å². The van der Waals surface area contributed by atoms with Crippen molar-refractivity contribution < 1.29 is 14.4 Å². The van der Waals surface area contributed by atoms with Crippen LogP contribution in [0.5, 0.6) is 0 Å². The lowest BCUT2D eigenvalue weighted by atomic mass is 10.1. The molecule has 8 nitrogen and oxygen atoms in total. The van der Waals surface area contributed by atoms with E-state index in [2.05, 4.69) is 22.5 Å². The van der Waals surface area contributed by atoms with Gasteiger partial charge in [0.2, 0.25) is 11.8 Å². The first-order chi connectivity index (χ1) is 18.0. The van der Waals surface area contributed by atoms with E-state index in [0.717, 1.165) is 22.5 Å². The van der Waals surface area contributed by atoms with Crippen molar-refractivity contribution in [2.45, 2.75) is 32.4 Å². The Morgan fingerprint density at radius 1 is 1.03 bits per heavy atom. The molecule has 1 aromatic heterocycles. The number of anilines is 1. The molecule has 1 unspecified atom stereocenters. The maximum atomic E-state index is 12.9. The van der Waals surface area contributed by atoms with E-state index in [1.165, 1.54) is 17.3 Å². The molecule has 188 valence electrons. The number of carbonyl (C=O) groups is 3. The first kappa shape index (κ1) is 24.9. The van der Waals surface area contributed by atoms with E-state index in [-0.39, 0.29) is 24.0 Å². The number of rotatable bonds is 8. The van der Waals surface area contributed by atoms with E-state index in [1.54, 1.807) is 16.2 Å². The molecule has 0 fully saturated rings. The van der Waals surface area contributed by atoms with Crippen LogP contribution >= 0.6 is 23.1 Å². The fraction of sp³-hybridized carbons (Fsp3) is 0.222. The third-order valence-electron chi connectivity index (χ3n) is 6.01. The van der Waals surface area contributed by atoms with Gasteiger partial charge in [0.15, 0.2) is 5.17 Å². The average Bonchev–Trinajstić information content (AvgIpc) is 3.55. The smallest absolute Gasteiger partial charge is 0.271 e. The number of fused-ring (bicyclic) bond motifs is 3. The molecule has 2 N–H and O–H groups in total. The molecule has 0 saturated heterocycles. The van der Waals surface area contributed by atoms with Gasteiger partial charge in [0, 0.05) is 16.1 Å². The Bertz CT molecular complexity index is 1380. The molecular formula is C27H25N5O3S2. The molecule has 0 radical (unpaired) electrons. The fourth-order valence-corrected chi connectivity index (χ4v) is 5.59. The Hall–Kier alpha value is -3.76. The highest BCUT2D eigenvalue weighted by Gasteiger charge is 2.42.